The van der Waals surface area contributed by atoms with Crippen molar-refractivity contribution >= 4 is 11.7 Å². The van der Waals surface area contributed by atoms with E-state index in [-0.39, 0.29) is 5.91 Å². The highest BCUT2D eigenvalue weighted by atomic mass is 16.5. The Morgan fingerprint density at radius 2 is 1.56 bits per heavy atom. The number of hydrogen-bond acceptors (Lipinski definition) is 6. The van der Waals surface area contributed by atoms with E-state index in [9.17, 15) is 4.79 Å². The summed E-state index contributed by atoms with van der Waals surface area (Å²) >= 11 is 0. The van der Waals surface area contributed by atoms with Crippen LogP contribution in [0.5, 0.6) is 11.5 Å². The van der Waals surface area contributed by atoms with Crippen LogP contribution < -0.4 is 14.4 Å². The van der Waals surface area contributed by atoms with Crippen LogP contribution in [0.15, 0.2) is 60.7 Å². The minimum atomic E-state index is -0.553. The van der Waals surface area contributed by atoms with Crippen molar-refractivity contribution in [3.63, 3.8) is 0 Å². The van der Waals surface area contributed by atoms with Crippen molar-refractivity contribution in [3.8, 4) is 22.8 Å². The first-order valence-electron chi connectivity index (χ1n) is 11.9. The van der Waals surface area contributed by atoms with Gasteiger partial charge in [-0.3, -0.25) is 4.79 Å². The van der Waals surface area contributed by atoms with E-state index in [0.29, 0.717) is 38.5 Å². The summed E-state index contributed by atoms with van der Waals surface area (Å²) in [6.45, 7) is 9.16. The van der Waals surface area contributed by atoms with Crippen LogP contribution in [0.4, 0.5) is 5.82 Å². The predicted octanol–water partition coefficient (Wildman–Crippen LogP) is 4.22. The van der Waals surface area contributed by atoms with Gasteiger partial charge in [0.25, 0.3) is 5.91 Å². The smallest absolute Gasteiger partial charge is 0.263 e. The zero-order chi connectivity index (χ0) is 23.9. The zero-order valence-corrected chi connectivity index (χ0v) is 20.1. The summed E-state index contributed by atoms with van der Waals surface area (Å²) in [5.41, 5.74) is 3.23. The molecule has 1 unspecified atom stereocenters. The Morgan fingerprint density at radius 3 is 2.15 bits per heavy atom. The van der Waals surface area contributed by atoms with Crippen LogP contribution in [0.25, 0.3) is 11.3 Å². The first kappa shape index (κ1) is 23.5. The number of hydrogen-bond donors (Lipinski definition) is 0. The Hall–Kier alpha value is -3.61. The van der Waals surface area contributed by atoms with E-state index in [1.165, 1.54) is 5.56 Å². The number of aromatic nitrogens is 2. The number of piperazine rings is 1. The molecule has 1 aromatic heterocycles. The normalized spacial score (nSPS) is 14.6. The van der Waals surface area contributed by atoms with E-state index in [0.717, 1.165) is 29.2 Å². The van der Waals surface area contributed by atoms with Crippen molar-refractivity contribution in [2.24, 2.45) is 0 Å². The average Bonchev–Trinajstić information content (AvgIpc) is 2.90. The topological polar surface area (TPSA) is 67.8 Å². The molecule has 1 amide bonds. The predicted molar refractivity (Wildman–Crippen MR) is 133 cm³/mol. The summed E-state index contributed by atoms with van der Waals surface area (Å²) in [6, 6.07) is 19.8. The SMILES string of the molecule is CCOc1ccc(OC(C)C(=O)N2CCN(c3ccc(-c4ccc(CC)cc4)nn3)CC2)cc1. The summed E-state index contributed by atoms with van der Waals surface area (Å²) in [5.74, 6) is 2.27. The molecule has 178 valence electrons. The average molecular weight is 461 g/mol. The number of nitrogens with zero attached hydrogens (tertiary/aromatic N) is 4. The third-order valence-electron chi connectivity index (χ3n) is 6.02. The minimum absolute atomic E-state index is 0.00880. The molecule has 0 saturated carbocycles. The van der Waals surface area contributed by atoms with E-state index in [2.05, 4.69) is 46.3 Å². The van der Waals surface area contributed by atoms with Crippen molar-refractivity contribution in [2.75, 3.05) is 37.7 Å². The molecule has 7 nitrogen and oxygen atoms in total. The highest BCUT2D eigenvalue weighted by Crippen LogP contribution is 2.22. The highest BCUT2D eigenvalue weighted by Gasteiger charge is 2.26. The van der Waals surface area contributed by atoms with Gasteiger partial charge in [-0.05, 0) is 62.2 Å². The quantitative estimate of drug-likeness (QED) is 0.501. The van der Waals surface area contributed by atoms with E-state index in [4.69, 9.17) is 9.47 Å². The lowest BCUT2D eigenvalue weighted by Crippen LogP contribution is -2.52. The molecule has 0 spiro atoms. The van der Waals surface area contributed by atoms with Crippen molar-refractivity contribution in [1.29, 1.82) is 0 Å². The van der Waals surface area contributed by atoms with Gasteiger partial charge in [-0.2, -0.15) is 0 Å². The molecular weight excluding hydrogens is 428 g/mol. The van der Waals surface area contributed by atoms with Gasteiger partial charge in [0.2, 0.25) is 0 Å². The van der Waals surface area contributed by atoms with Crippen LogP contribution in [0, 0.1) is 0 Å². The van der Waals surface area contributed by atoms with Gasteiger partial charge < -0.3 is 19.3 Å². The van der Waals surface area contributed by atoms with Crippen molar-refractivity contribution in [1.82, 2.24) is 15.1 Å². The molecule has 2 aromatic carbocycles. The van der Waals surface area contributed by atoms with Crippen LogP contribution in [0.1, 0.15) is 26.3 Å². The fourth-order valence-electron chi connectivity index (χ4n) is 4.01. The lowest BCUT2D eigenvalue weighted by atomic mass is 10.1. The standard InChI is InChI=1S/C27H32N4O3/c1-4-21-6-8-22(9-7-21)25-14-15-26(29-28-25)30-16-18-31(19-17-30)27(32)20(3)34-24-12-10-23(11-13-24)33-5-2/h6-15,20H,4-5,16-19H2,1-3H3. The number of ether oxygens (including phenoxy) is 2. The molecular formula is C27H32N4O3. The Bertz CT molecular complexity index is 1060. The van der Waals surface area contributed by atoms with Gasteiger partial charge in [-0.15, -0.1) is 10.2 Å². The second kappa shape index (κ2) is 11.0. The highest BCUT2D eigenvalue weighted by molar-refractivity contribution is 5.81. The molecule has 1 aliphatic rings. The summed E-state index contributed by atoms with van der Waals surface area (Å²) in [7, 11) is 0. The van der Waals surface area contributed by atoms with Gasteiger partial charge >= 0.3 is 0 Å². The molecule has 0 N–H and O–H groups in total. The monoisotopic (exact) mass is 460 g/mol. The van der Waals surface area contributed by atoms with Gasteiger partial charge in [0, 0.05) is 31.7 Å². The Morgan fingerprint density at radius 1 is 0.882 bits per heavy atom. The number of amides is 1. The van der Waals surface area contributed by atoms with Gasteiger partial charge in [-0.25, -0.2) is 0 Å². The van der Waals surface area contributed by atoms with E-state index < -0.39 is 6.10 Å². The number of benzene rings is 2. The summed E-state index contributed by atoms with van der Waals surface area (Å²) in [5, 5.41) is 8.87. The van der Waals surface area contributed by atoms with Crippen molar-refractivity contribution in [3.05, 3.63) is 66.2 Å². The number of rotatable bonds is 8. The van der Waals surface area contributed by atoms with Crippen LogP contribution >= 0.6 is 0 Å². The lowest BCUT2D eigenvalue weighted by Gasteiger charge is -2.36. The number of carbonyl (C=O) groups excluding carboxylic acids is 1. The minimum Gasteiger partial charge on any atom is -0.494 e. The molecule has 3 aromatic rings. The lowest BCUT2D eigenvalue weighted by molar-refractivity contribution is -0.138. The molecule has 4 rings (SSSR count). The maximum Gasteiger partial charge on any atom is 0.263 e. The summed E-state index contributed by atoms with van der Waals surface area (Å²) in [6.07, 6.45) is 0.467. The Balaban J connectivity index is 1.29. The molecule has 0 aliphatic carbocycles. The first-order chi connectivity index (χ1) is 16.6. The van der Waals surface area contributed by atoms with Crippen LogP contribution in [0.2, 0.25) is 0 Å². The summed E-state index contributed by atoms with van der Waals surface area (Å²) in [4.78, 5) is 16.9. The van der Waals surface area contributed by atoms with Gasteiger partial charge in [0.05, 0.1) is 12.3 Å². The van der Waals surface area contributed by atoms with Crippen LogP contribution in [0.3, 0.4) is 0 Å². The van der Waals surface area contributed by atoms with Gasteiger partial charge in [-0.1, -0.05) is 31.2 Å². The van der Waals surface area contributed by atoms with Crippen molar-refractivity contribution in [2.45, 2.75) is 33.3 Å². The molecule has 1 atom stereocenters. The Kier molecular flexibility index (Phi) is 7.62. The maximum absolute atomic E-state index is 12.9. The van der Waals surface area contributed by atoms with Crippen LogP contribution in [-0.2, 0) is 11.2 Å². The largest absolute Gasteiger partial charge is 0.494 e. The molecule has 34 heavy (non-hydrogen) atoms. The fourth-order valence-corrected chi connectivity index (χ4v) is 4.01. The first-order valence-corrected chi connectivity index (χ1v) is 11.9. The van der Waals surface area contributed by atoms with Gasteiger partial charge in [0.15, 0.2) is 11.9 Å². The molecule has 2 heterocycles. The maximum atomic E-state index is 12.9. The Labute approximate surface area is 201 Å². The van der Waals surface area contributed by atoms with Crippen molar-refractivity contribution < 1.29 is 14.3 Å². The molecule has 1 aliphatic heterocycles. The van der Waals surface area contributed by atoms with E-state index in [1.54, 1.807) is 6.92 Å². The summed E-state index contributed by atoms with van der Waals surface area (Å²) < 4.78 is 11.3. The van der Waals surface area contributed by atoms with Gasteiger partial charge in [0.1, 0.15) is 11.5 Å². The van der Waals surface area contributed by atoms with E-state index in [1.807, 2.05) is 48.2 Å². The molecule has 1 saturated heterocycles. The number of anilines is 1. The molecule has 0 radical (unpaired) electrons. The molecule has 0 bridgehead atoms. The fraction of sp³-hybridized carbons (Fsp3) is 0.370. The number of aryl methyl sites for hydroxylation is 1. The second-order valence-electron chi connectivity index (χ2n) is 8.30. The van der Waals surface area contributed by atoms with E-state index >= 15 is 0 Å². The molecule has 1 fully saturated rings. The number of carbonyl (C=O) groups is 1. The molecule has 7 heteroatoms. The third kappa shape index (κ3) is 5.65. The second-order valence-corrected chi connectivity index (χ2v) is 8.30. The third-order valence-corrected chi connectivity index (χ3v) is 6.02. The van der Waals surface area contributed by atoms with Crippen LogP contribution in [-0.4, -0.2) is 59.9 Å². The zero-order valence-electron chi connectivity index (χ0n) is 20.1.